The van der Waals surface area contributed by atoms with E-state index in [0.717, 1.165) is 31.6 Å². The molecule has 1 amide bonds. The summed E-state index contributed by atoms with van der Waals surface area (Å²) in [5, 5.41) is 12.8. The molecule has 0 aliphatic heterocycles. The summed E-state index contributed by atoms with van der Waals surface area (Å²) in [6, 6.07) is 0.481. The predicted octanol–water partition coefficient (Wildman–Crippen LogP) is 0.632. The highest BCUT2D eigenvalue weighted by Crippen LogP contribution is 1.93. The minimum atomic E-state index is 0.123. The topological polar surface area (TPSA) is 82.7 Å². The number of carbonyl (C=O) groups is 1. The van der Waals surface area contributed by atoms with Gasteiger partial charge in [0, 0.05) is 25.4 Å². The average molecular weight is 253 g/mol. The zero-order valence-electron chi connectivity index (χ0n) is 11.2. The van der Waals surface area contributed by atoms with Crippen LogP contribution in [0.1, 0.15) is 38.9 Å². The molecule has 1 aromatic heterocycles. The fourth-order valence-corrected chi connectivity index (χ4v) is 1.56. The Morgan fingerprint density at radius 1 is 1.39 bits per heavy atom. The number of H-pyrrole nitrogens is 1. The molecule has 0 bridgehead atoms. The maximum atomic E-state index is 11.5. The van der Waals surface area contributed by atoms with Crippen molar-refractivity contribution in [2.45, 2.75) is 45.6 Å². The van der Waals surface area contributed by atoms with E-state index in [1.165, 1.54) is 6.33 Å². The number of amides is 1. The van der Waals surface area contributed by atoms with E-state index in [1.54, 1.807) is 0 Å². The van der Waals surface area contributed by atoms with Crippen LogP contribution in [0.5, 0.6) is 0 Å². The molecule has 1 aromatic rings. The van der Waals surface area contributed by atoms with E-state index in [4.69, 9.17) is 0 Å². The summed E-state index contributed by atoms with van der Waals surface area (Å²) < 4.78 is 0. The van der Waals surface area contributed by atoms with E-state index in [-0.39, 0.29) is 5.91 Å². The molecule has 0 atom stereocenters. The highest BCUT2D eigenvalue weighted by atomic mass is 16.1. The van der Waals surface area contributed by atoms with Crippen molar-refractivity contribution in [3.05, 3.63) is 12.2 Å². The number of aromatic amines is 1. The summed E-state index contributed by atoms with van der Waals surface area (Å²) in [5.41, 5.74) is 0. The number of nitrogens with one attached hydrogen (secondary N) is 3. The van der Waals surface area contributed by atoms with Gasteiger partial charge in [0.15, 0.2) is 0 Å². The molecule has 0 radical (unpaired) electrons. The van der Waals surface area contributed by atoms with Crippen LogP contribution in [0.4, 0.5) is 0 Å². The molecule has 0 aliphatic carbocycles. The number of hydrogen-bond acceptors (Lipinski definition) is 4. The average Bonchev–Trinajstić information content (AvgIpc) is 2.83. The number of carbonyl (C=O) groups excluding carboxylic acids is 1. The lowest BCUT2D eigenvalue weighted by Crippen LogP contribution is -2.27. The second kappa shape index (κ2) is 8.63. The Hall–Kier alpha value is -1.43. The number of aryl methyl sites for hydroxylation is 1. The summed E-state index contributed by atoms with van der Waals surface area (Å²) in [6.07, 6.45) is 4.66. The minimum Gasteiger partial charge on any atom is -0.356 e. The number of hydrogen-bond donors (Lipinski definition) is 3. The Kier molecular flexibility index (Phi) is 7.01. The van der Waals surface area contributed by atoms with Crippen molar-refractivity contribution in [3.63, 3.8) is 0 Å². The van der Waals surface area contributed by atoms with E-state index in [0.29, 0.717) is 19.0 Å². The third-order valence-corrected chi connectivity index (χ3v) is 2.51. The van der Waals surface area contributed by atoms with Crippen LogP contribution in [-0.4, -0.2) is 40.2 Å². The molecule has 3 N–H and O–H groups in total. The molecule has 0 aliphatic rings. The van der Waals surface area contributed by atoms with Crippen LogP contribution in [0.3, 0.4) is 0 Å². The highest BCUT2D eigenvalue weighted by Gasteiger charge is 2.01. The van der Waals surface area contributed by atoms with Crippen LogP contribution in [0, 0.1) is 0 Å². The summed E-state index contributed by atoms with van der Waals surface area (Å²) in [6.45, 7) is 5.79. The summed E-state index contributed by atoms with van der Waals surface area (Å²) in [5.74, 6) is 0.989. The van der Waals surface area contributed by atoms with Crippen molar-refractivity contribution in [2.75, 3.05) is 13.1 Å². The Balaban J connectivity index is 1.93. The van der Waals surface area contributed by atoms with Crippen LogP contribution in [0.15, 0.2) is 6.33 Å². The largest absolute Gasteiger partial charge is 0.356 e. The summed E-state index contributed by atoms with van der Waals surface area (Å²) in [4.78, 5) is 15.5. The van der Waals surface area contributed by atoms with Crippen LogP contribution in [0.25, 0.3) is 0 Å². The molecule has 0 aromatic carbocycles. The zero-order valence-corrected chi connectivity index (χ0v) is 11.2. The van der Waals surface area contributed by atoms with Gasteiger partial charge >= 0.3 is 0 Å². The first-order valence-corrected chi connectivity index (χ1v) is 6.53. The van der Waals surface area contributed by atoms with Gasteiger partial charge in [-0.25, -0.2) is 4.98 Å². The standard InChI is InChI=1S/C12H23N5O/c1-10(2)13-7-4-6-12(18)14-8-3-5-11-15-9-16-17-11/h9-10,13H,3-8H2,1-2H3,(H,14,18)(H,15,16,17). The number of aromatic nitrogens is 3. The smallest absolute Gasteiger partial charge is 0.220 e. The Labute approximate surface area is 108 Å². The highest BCUT2D eigenvalue weighted by molar-refractivity contribution is 5.75. The fourth-order valence-electron chi connectivity index (χ4n) is 1.56. The van der Waals surface area contributed by atoms with Crippen LogP contribution >= 0.6 is 0 Å². The van der Waals surface area contributed by atoms with Gasteiger partial charge in [-0.05, 0) is 19.4 Å². The molecular weight excluding hydrogens is 230 g/mol. The van der Waals surface area contributed by atoms with Crippen LogP contribution in [0.2, 0.25) is 0 Å². The maximum Gasteiger partial charge on any atom is 0.220 e. The molecular formula is C12H23N5O. The first-order valence-electron chi connectivity index (χ1n) is 6.53. The lowest BCUT2D eigenvalue weighted by atomic mass is 10.2. The molecule has 0 saturated heterocycles. The zero-order chi connectivity index (χ0) is 13.2. The molecule has 102 valence electrons. The molecule has 1 rings (SSSR count). The van der Waals surface area contributed by atoms with E-state index in [2.05, 4.69) is 39.7 Å². The predicted molar refractivity (Wildman–Crippen MR) is 70.1 cm³/mol. The molecule has 0 saturated carbocycles. The van der Waals surface area contributed by atoms with Gasteiger partial charge in [0.1, 0.15) is 12.2 Å². The quantitative estimate of drug-likeness (QED) is 0.564. The van der Waals surface area contributed by atoms with Gasteiger partial charge in [-0.1, -0.05) is 13.8 Å². The van der Waals surface area contributed by atoms with Crippen molar-refractivity contribution < 1.29 is 4.79 Å². The third-order valence-electron chi connectivity index (χ3n) is 2.51. The van der Waals surface area contributed by atoms with Crippen molar-refractivity contribution in [1.82, 2.24) is 25.8 Å². The summed E-state index contributed by atoms with van der Waals surface area (Å²) in [7, 11) is 0. The normalized spacial score (nSPS) is 10.8. The van der Waals surface area contributed by atoms with E-state index >= 15 is 0 Å². The molecule has 0 unspecified atom stereocenters. The molecule has 1 heterocycles. The van der Waals surface area contributed by atoms with Gasteiger partial charge in [0.2, 0.25) is 5.91 Å². The van der Waals surface area contributed by atoms with Crippen molar-refractivity contribution >= 4 is 5.91 Å². The Bertz CT molecular complexity index is 323. The van der Waals surface area contributed by atoms with Gasteiger partial charge in [-0.3, -0.25) is 9.89 Å². The van der Waals surface area contributed by atoms with Crippen LogP contribution in [-0.2, 0) is 11.2 Å². The second-order valence-electron chi connectivity index (χ2n) is 4.60. The summed E-state index contributed by atoms with van der Waals surface area (Å²) >= 11 is 0. The SMILES string of the molecule is CC(C)NCCCC(=O)NCCCc1ncn[nH]1. The maximum absolute atomic E-state index is 11.5. The molecule has 0 fully saturated rings. The van der Waals surface area contributed by atoms with E-state index in [1.807, 2.05) is 0 Å². The van der Waals surface area contributed by atoms with Crippen molar-refractivity contribution in [2.24, 2.45) is 0 Å². The first kappa shape index (κ1) is 14.6. The molecule has 0 spiro atoms. The Morgan fingerprint density at radius 3 is 2.89 bits per heavy atom. The molecule has 6 nitrogen and oxygen atoms in total. The molecule has 6 heteroatoms. The van der Waals surface area contributed by atoms with Gasteiger partial charge in [-0.2, -0.15) is 5.10 Å². The third kappa shape index (κ3) is 7.01. The lowest BCUT2D eigenvalue weighted by molar-refractivity contribution is -0.121. The number of nitrogens with zero attached hydrogens (tertiary/aromatic N) is 2. The first-order chi connectivity index (χ1) is 8.68. The molecule has 18 heavy (non-hydrogen) atoms. The van der Waals surface area contributed by atoms with Crippen molar-refractivity contribution in [3.8, 4) is 0 Å². The monoisotopic (exact) mass is 253 g/mol. The van der Waals surface area contributed by atoms with Gasteiger partial charge in [-0.15, -0.1) is 0 Å². The lowest BCUT2D eigenvalue weighted by Gasteiger charge is -2.08. The van der Waals surface area contributed by atoms with Gasteiger partial charge in [0.25, 0.3) is 0 Å². The number of rotatable bonds is 9. The second-order valence-corrected chi connectivity index (χ2v) is 4.60. The minimum absolute atomic E-state index is 0.123. The van der Waals surface area contributed by atoms with Gasteiger partial charge in [0.05, 0.1) is 0 Å². The fraction of sp³-hybridized carbons (Fsp3) is 0.750. The van der Waals surface area contributed by atoms with Gasteiger partial charge < -0.3 is 10.6 Å². The Morgan fingerprint density at radius 2 is 2.22 bits per heavy atom. The van der Waals surface area contributed by atoms with Crippen LogP contribution < -0.4 is 10.6 Å². The van der Waals surface area contributed by atoms with E-state index in [9.17, 15) is 4.79 Å². The van der Waals surface area contributed by atoms with E-state index < -0.39 is 0 Å². The van der Waals surface area contributed by atoms with Crippen molar-refractivity contribution in [1.29, 1.82) is 0 Å².